The van der Waals surface area contributed by atoms with Gasteiger partial charge in [0.05, 0.1) is 18.3 Å². The predicted octanol–water partition coefficient (Wildman–Crippen LogP) is 2.45. The lowest BCUT2D eigenvalue weighted by Gasteiger charge is -2.18. The number of carbonyl (C=O) groups is 1. The summed E-state index contributed by atoms with van der Waals surface area (Å²) in [5.74, 6) is -0.0733. The van der Waals surface area contributed by atoms with Crippen LogP contribution in [0.1, 0.15) is 18.5 Å². The molecule has 22 heavy (non-hydrogen) atoms. The van der Waals surface area contributed by atoms with Gasteiger partial charge in [0.2, 0.25) is 5.91 Å². The molecule has 1 fully saturated rings. The summed E-state index contributed by atoms with van der Waals surface area (Å²) in [5, 5.41) is 2.93. The maximum atomic E-state index is 12.1. The zero-order chi connectivity index (χ0) is 15.4. The molecule has 2 aromatic rings. The van der Waals surface area contributed by atoms with Crippen LogP contribution in [0.15, 0.2) is 42.6 Å². The molecule has 0 radical (unpaired) electrons. The van der Waals surface area contributed by atoms with E-state index in [1.54, 1.807) is 18.3 Å². The first-order chi connectivity index (χ1) is 10.7. The highest BCUT2D eigenvalue weighted by atomic mass is 16.1. The molecule has 0 saturated carbocycles. The molecule has 5 nitrogen and oxygen atoms in total. The number of nitrogens with one attached hydrogen (secondary N) is 1. The summed E-state index contributed by atoms with van der Waals surface area (Å²) in [6.07, 6.45) is 4.28. The molecule has 0 bridgehead atoms. The number of pyridine rings is 1. The lowest BCUT2D eigenvalue weighted by Crippen LogP contribution is -2.18. The van der Waals surface area contributed by atoms with Gasteiger partial charge in [0, 0.05) is 30.2 Å². The van der Waals surface area contributed by atoms with Gasteiger partial charge in [-0.15, -0.1) is 0 Å². The standard InChI is InChI=1S/C17H20N4O/c18-13-6-7-14(19-12-13)11-17(22)20-15-4-3-5-16(10-15)21-8-1-2-9-21/h3-7,10,12H,1-2,8-9,11,18H2,(H,20,22). The number of benzene rings is 1. The molecule has 0 spiro atoms. The summed E-state index contributed by atoms with van der Waals surface area (Å²) in [5.41, 5.74) is 8.89. The van der Waals surface area contributed by atoms with Crippen molar-refractivity contribution < 1.29 is 4.79 Å². The molecular formula is C17H20N4O. The Bertz CT molecular complexity index is 648. The van der Waals surface area contributed by atoms with Crippen molar-refractivity contribution in [2.75, 3.05) is 29.0 Å². The second-order valence-corrected chi connectivity index (χ2v) is 5.55. The zero-order valence-corrected chi connectivity index (χ0v) is 12.5. The smallest absolute Gasteiger partial charge is 0.230 e. The summed E-state index contributed by atoms with van der Waals surface area (Å²) in [6.45, 7) is 2.18. The second kappa shape index (κ2) is 6.47. The minimum Gasteiger partial charge on any atom is -0.397 e. The van der Waals surface area contributed by atoms with Gasteiger partial charge in [0.15, 0.2) is 0 Å². The number of nitrogens with zero attached hydrogens (tertiary/aromatic N) is 2. The Morgan fingerprint density at radius 3 is 2.77 bits per heavy atom. The fourth-order valence-electron chi connectivity index (χ4n) is 2.67. The van der Waals surface area contributed by atoms with Crippen molar-refractivity contribution in [1.29, 1.82) is 0 Å². The van der Waals surface area contributed by atoms with Gasteiger partial charge >= 0.3 is 0 Å². The second-order valence-electron chi connectivity index (χ2n) is 5.55. The van der Waals surface area contributed by atoms with Gasteiger partial charge in [-0.25, -0.2) is 0 Å². The van der Waals surface area contributed by atoms with Crippen LogP contribution in [0.2, 0.25) is 0 Å². The number of hydrogen-bond donors (Lipinski definition) is 2. The van der Waals surface area contributed by atoms with Crippen LogP contribution in [0, 0.1) is 0 Å². The van der Waals surface area contributed by atoms with Gasteiger partial charge in [0.25, 0.3) is 0 Å². The van der Waals surface area contributed by atoms with E-state index in [-0.39, 0.29) is 12.3 Å². The van der Waals surface area contributed by atoms with Crippen molar-refractivity contribution >= 4 is 23.0 Å². The maximum Gasteiger partial charge on any atom is 0.230 e. The number of nitrogens with two attached hydrogens (primary N) is 1. The predicted molar refractivity (Wildman–Crippen MR) is 88.9 cm³/mol. The Hall–Kier alpha value is -2.56. The van der Waals surface area contributed by atoms with E-state index in [0.717, 1.165) is 18.8 Å². The monoisotopic (exact) mass is 296 g/mol. The third-order valence-electron chi connectivity index (χ3n) is 3.79. The van der Waals surface area contributed by atoms with E-state index in [9.17, 15) is 4.79 Å². The largest absolute Gasteiger partial charge is 0.397 e. The molecule has 1 aliphatic heterocycles. The number of nitrogen functional groups attached to an aromatic ring is 1. The Morgan fingerprint density at radius 2 is 2.05 bits per heavy atom. The van der Waals surface area contributed by atoms with E-state index in [2.05, 4.69) is 21.3 Å². The van der Waals surface area contributed by atoms with Crippen molar-refractivity contribution in [2.45, 2.75) is 19.3 Å². The Morgan fingerprint density at radius 1 is 1.23 bits per heavy atom. The van der Waals surface area contributed by atoms with Crippen LogP contribution in [0.25, 0.3) is 0 Å². The quantitative estimate of drug-likeness (QED) is 0.909. The van der Waals surface area contributed by atoms with E-state index in [1.165, 1.54) is 18.5 Å². The molecule has 0 unspecified atom stereocenters. The van der Waals surface area contributed by atoms with Crippen LogP contribution in [0.3, 0.4) is 0 Å². The fraction of sp³-hybridized carbons (Fsp3) is 0.294. The zero-order valence-electron chi connectivity index (χ0n) is 12.5. The lowest BCUT2D eigenvalue weighted by molar-refractivity contribution is -0.115. The maximum absolute atomic E-state index is 12.1. The average Bonchev–Trinajstić information content (AvgIpc) is 3.04. The number of amides is 1. The summed E-state index contributed by atoms with van der Waals surface area (Å²) < 4.78 is 0. The SMILES string of the molecule is Nc1ccc(CC(=O)Nc2cccc(N3CCCC3)c2)nc1. The molecule has 3 rings (SSSR count). The fourth-order valence-corrected chi connectivity index (χ4v) is 2.67. The molecule has 114 valence electrons. The van der Waals surface area contributed by atoms with E-state index >= 15 is 0 Å². The van der Waals surface area contributed by atoms with E-state index in [4.69, 9.17) is 5.73 Å². The van der Waals surface area contributed by atoms with Crippen molar-refractivity contribution in [2.24, 2.45) is 0 Å². The third kappa shape index (κ3) is 3.55. The first-order valence-corrected chi connectivity index (χ1v) is 7.56. The molecule has 0 atom stereocenters. The van der Waals surface area contributed by atoms with E-state index in [0.29, 0.717) is 11.4 Å². The molecule has 3 N–H and O–H groups in total. The van der Waals surface area contributed by atoms with Crippen molar-refractivity contribution in [3.8, 4) is 0 Å². The lowest BCUT2D eigenvalue weighted by atomic mass is 10.2. The van der Waals surface area contributed by atoms with Gasteiger partial charge in [-0.2, -0.15) is 0 Å². The molecule has 1 aromatic carbocycles. The van der Waals surface area contributed by atoms with E-state index in [1.807, 2.05) is 18.2 Å². The van der Waals surface area contributed by atoms with Crippen LogP contribution in [-0.4, -0.2) is 24.0 Å². The highest BCUT2D eigenvalue weighted by Crippen LogP contribution is 2.23. The van der Waals surface area contributed by atoms with Gasteiger partial charge in [0.1, 0.15) is 0 Å². The Labute approximate surface area is 130 Å². The first-order valence-electron chi connectivity index (χ1n) is 7.56. The molecule has 5 heteroatoms. The van der Waals surface area contributed by atoms with Crippen LogP contribution < -0.4 is 16.0 Å². The summed E-state index contributed by atoms with van der Waals surface area (Å²) in [7, 11) is 0. The summed E-state index contributed by atoms with van der Waals surface area (Å²) in [4.78, 5) is 18.6. The number of aromatic nitrogens is 1. The van der Waals surface area contributed by atoms with Crippen LogP contribution in [0.4, 0.5) is 17.1 Å². The van der Waals surface area contributed by atoms with Crippen molar-refractivity contribution in [1.82, 2.24) is 4.98 Å². The van der Waals surface area contributed by atoms with Crippen LogP contribution in [0.5, 0.6) is 0 Å². The van der Waals surface area contributed by atoms with E-state index < -0.39 is 0 Å². The molecule has 1 saturated heterocycles. The number of hydrogen-bond acceptors (Lipinski definition) is 4. The van der Waals surface area contributed by atoms with Gasteiger partial charge in [-0.1, -0.05) is 6.07 Å². The van der Waals surface area contributed by atoms with Gasteiger partial charge < -0.3 is 16.0 Å². The normalized spacial score (nSPS) is 14.1. The molecule has 1 aliphatic rings. The Kier molecular flexibility index (Phi) is 4.23. The van der Waals surface area contributed by atoms with Gasteiger partial charge in [-0.3, -0.25) is 9.78 Å². The van der Waals surface area contributed by atoms with Crippen LogP contribution >= 0.6 is 0 Å². The molecular weight excluding hydrogens is 276 g/mol. The minimum atomic E-state index is -0.0733. The summed E-state index contributed by atoms with van der Waals surface area (Å²) >= 11 is 0. The summed E-state index contributed by atoms with van der Waals surface area (Å²) in [6, 6.07) is 11.5. The van der Waals surface area contributed by atoms with Crippen LogP contribution in [-0.2, 0) is 11.2 Å². The van der Waals surface area contributed by atoms with Crippen molar-refractivity contribution in [3.63, 3.8) is 0 Å². The first kappa shape index (κ1) is 14.4. The van der Waals surface area contributed by atoms with Gasteiger partial charge in [-0.05, 0) is 43.2 Å². The highest BCUT2D eigenvalue weighted by Gasteiger charge is 2.13. The topological polar surface area (TPSA) is 71.2 Å². The molecule has 0 aliphatic carbocycles. The highest BCUT2D eigenvalue weighted by molar-refractivity contribution is 5.92. The molecule has 1 aromatic heterocycles. The number of rotatable bonds is 4. The number of carbonyl (C=O) groups excluding carboxylic acids is 1. The molecule has 1 amide bonds. The third-order valence-corrected chi connectivity index (χ3v) is 3.79. The number of anilines is 3. The van der Waals surface area contributed by atoms with Crippen molar-refractivity contribution in [3.05, 3.63) is 48.3 Å². The average molecular weight is 296 g/mol. The Balaban J connectivity index is 1.63. The molecule has 2 heterocycles. The minimum absolute atomic E-state index is 0.0733.